The Morgan fingerprint density at radius 1 is 1.00 bits per heavy atom. The van der Waals surface area contributed by atoms with E-state index in [1.165, 1.54) is 0 Å². The molecule has 0 saturated heterocycles. The van der Waals surface area contributed by atoms with Crippen molar-refractivity contribution in [3.05, 3.63) is 65.2 Å². The van der Waals surface area contributed by atoms with Crippen LogP contribution in [0.2, 0.25) is 0 Å². The summed E-state index contributed by atoms with van der Waals surface area (Å²) < 4.78 is 32.2. The standard InChI is InChI=1S/C16H19NO3S/c1-13-7-3-4-9-15(13)12-21(18,19)17-11-14-8-5-6-10-16(14)20-2/h3-10,17H,11-12H2,1-2H3. The van der Waals surface area contributed by atoms with Crippen LogP contribution in [0.3, 0.4) is 0 Å². The van der Waals surface area contributed by atoms with Crippen LogP contribution in [0.15, 0.2) is 48.5 Å². The van der Waals surface area contributed by atoms with Crippen molar-refractivity contribution in [1.29, 1.82) is 0 Å². The van der Waals surface area contributed by atoms with E-state index in [4.69, 9.17) is 4.74 Å². The molecule has 0 amide bonds. The normalized spacial score (nSPS) is 11.3. The summed E-state index contributed by atoms with van der Waals surface area (Å²) in [6.45, 7) is 2.13. The minimum Gasteiger partial charge on any atom is -0.496 e. The maximum absolute atomic E-state index is 12.2. The molecular formula is C16H19NO3S. The van der Waals surface area contributed by atoms with E-state index in [0.29, 0.717) is 5.75 Å². The Morgan fingerprint density at radius 2 is 1.62 bits per heavy atom. The molecule has 0 aromatic heterocycles. The molecule has 2 rings (SSSR count). The Balaban J connectivity index is 2.07. The van der Waals surface area contributed by atoms with Crippen LogP contribution in [-0.4, -0.2) is 15.5 Å². The number of methoxy groups -OCH3 is 1. The molecule has 1 N–H and O–H groups in total. The first-order valence-electron chi connectivity index (χ1n) is 6.65. The van der Waals surface area contributed by atoms with Crippen molar-refractivity contribution in [2.24, 2.45) is 0 Å². The number of rotatable bonds is 6. The second-order valence-electron chi connectivity index (χ2n) is 4.82. The number of aryl methyl sites for hydroxylation is 1. The molecular weight excluding hydrogens is 286 g/mol. The van der Waals surface area contributed by atoms with Gasteiger partial charge in [-0.2, -0.15) is 0 Å². The SMILES string of the molecule is COc1ccccc1CNS(=O)(=O)Cc1ccccc1C. The Hall–Kier alpha value is -1.85. The van der Waals surface area contributed by atoms with E-state index < -0.39 is 10.0 Å². The molecule has 0 heterocycles. The predicted molar refractivity (Wildman–Crippen MR) is 83.6 cm³/mol. The molecule has 0 unspecified atom stereocenters. The number of benzene rings is 2. The molecule has 21 heavy (non-hydrogen) atoms. The maximum atomic E-state index is 12.2. The molecule has 0 aliphatic carbocycles. The summed E-state index contributed by atoms with van der Waals surface area (Å²) in [5, 5.41) is 0. The monoisotopic (exact) mass is 305 g/mol. The first-order valence-corrected chi connectivity index (χ1v) is 8.31. The average Bonchev–Trinajstić information content (AvgIpc) is 2.48. The first-order chi connectivity index (χ1) is 10.0. The molecule has 0 spiro atoms. The topological polar surface area (TPSA) is 55.4 Å². The van der Waals surface area contributed by atoms with Gasteiger partial charge in [0.2, 0.25) is 10.0 Å². The lowest BCUT2D eigenvalue weighted by Gasteiger charge is -2.11. The average molecular weight is 305 g/mol. The lowest BCUT2D eigenvalue weighted by molar-refractivity contribution is 0.409. The smallest absolute Gasteiger partial charge is 0.216 e. The van der Waals surface area contributed by atoms with Crippen LogP contribution in [0.5, 0.6) is 5.75 Å². The summed E-state index contributed by atoms with van der Waals surface area (Å²) in [5.74, 6) is 0.658. The number of ether oxygens (including phenoxy) is 1. The van der Waals surface area contributed by atoms with Gasteiger partial charge in [0, 0.05) is 12.1 Å². The first kappa shape index (κ1) is 15.5. The van der Waals surface area contributed by atoms with Crippen molar-refractivity contribution >= 4 is 10.0 Å². The largest absolute Gasteiger partial charge is 0.496 e. The predicted octanol–water partition coefficient (Wildman–Crippen LogP) is 2.62. The number of hydrogen-bond donors (Lipinski definition) is 1. The lowest BCUT2D eigenvalue weighted by Crippen LogP contribution is -2.25. The Kier molecular flexibility index (Phi) is 4.98. The van der Waals surface area contributed by atoms with Crippen LogP contribution in [-0.2, 0) is 22.3 Å². The molecule has 0 saturated carbocycles. The van der Waals surface area contributed by atoms with Crippen LogP contribution in [0.25, 0.3) is 0 Å². The van der Waals surface area contributed by atoms with E-state index in [9.17, 15) is 8.42 Å². The molecule has 5 heteroatoms. The fourth-order valence-corrected chi connectivity index (χ4v) is 3.28. The highest BCUT2D eigenvalue weighted by atomic mass is 32.2. The number of para-hydroxylation sites is 1. The van der Waals surface area contributed by atoms with Crippen molar-refractivity contribution < 1.29 is 13.2 Å². The van der Waals surface area contributed by atoms with Crippen molar-refractivity contribution in [3.63, 3.8) is 0 Å². The fourth-order valence-electron chi connectivity index (χ4n) is 2.06. The van der Waals surface area contributed by atoms with Crippen LogP contribution >= 0.6 is 0 Å². The second kappa shape index (κ2) is 6.74. The molecule has 0 atom stereocenters. The zero-order valence-corrected chi connectivity index (χ0v) is 13.0. The summed E-state index contributed by atoms with van der Waals surface area (Å²) >= 11 is 0. The summed E-state index contributed by atoms with van der Waals surface area (Å²) in [6, 6.07) is 14.8. The molecule has 2 aromatic carbocycles. The van der Waals surface area contributed by atoms with Gasteiger partial charge in [0.05, 0.1) is 12.9 Å². The molecule has 112 valence electrons. The summed E-state index contributed by atoms with van der Waals surface area (Å²) in [7, 11) is -1.82. The van der Waals surface area contributed by atoms with E-state index in [0.717, 1.165) is 16.7 Å². The van der Waals surface area contributed by atoms with Crippen molar-refractivity contribution in [2.75, 3.05) is 7.11 Å². The number of hydrogen-bond acceptors (Lipinski definition) is 3. The van der Waals surface area contributed by atoms with Gasteiger partial charge in [-0.15, -0.1) is 0 Å². The van der Waals surface area contributed by atoms with Crippen molar-refractivity contribution in [2.45, 2.75) is 19.2 Å². The van der Waals surface area contributed by atoms with Crippen LogP contribution in [0, 0.1) is 6.92 Å². The fraction of sp³-hybridized carbons (Fsp3) is 0.250. The molecule has 0 fully saturated rings. The van der Waals surface area contributed by atoms with Gasteiger partial charge < -0.3 is 4.74 Å². The van der Waals surface area contributed by atoms with Gasteiger partial charge in [0.25, 0.3) is 0 Å². The molecule has 2 aromatic rings. The minimum atomic E-state index is -3.39. The highest BCUT2D eigenvalue weighted by Gasteiger charge is 2.13. The Bertz CT molecular complexity index is 711. The third-order valence-corrected chi connectivity index (χ3v) is 4.56. The summed E-state index contributed by atoms with van der Waals surface area (Å²) in [5.41, 5.74) is 2.60. The number of sulfonamides is 1. The molecule has 0 aliphatic heterocycles. The van der Waals surface area contributed by atoms with Crippen LogP contribution in [0.4, 0.5) is 0 Å². The van der Waals surface area contributed by atoms with Crippen LogP contribution in [0.1, 0.15) is 16.7 Å². The van der Waals surface area contributed by atoms with E-state index in [-0.39, 0.29) is 12.3 Å². The van der Waals surface area contributed by atoms with Gasteiger partial charge in [-0.1, -0.05) is 42.5 Å². The van der Waals surface area contributed by atoms with Gasteiger partial charge in [0.1, 0.15) is 5.75 Å². The van der Waals surface area contributed by atoms with Crippen molar-refractivity contribution in [1.82, 2.24) is 4.72 Å². The lowest BCUT2D eigenvalue weighted by atomic mass is 10.1. The van der Waals surface area contributed by atoms with Gasteiger partial charge in [-0.3, -0.25) is 0 Å². The van der Waals surface area contributed by atoms with E-state index >= 15 is 0 Å². The molecule has 0 radical (unpaired) electrons. The zero-order valence-electron chi connectivity index (χ0n) is 12.2. The highest BCUT2D eigenvalue weighted by Crippen LogP contribution is 2.17. The van der Waals surface area contributed by atoms with Crippen molar-refractivity contribution in [3.8, 4) is 5.75 Å². The van der Waals surface area contributed by atoms with Gasteiger partial charge >= 0.3 is 0 Å². The zero-order chi connectivity index (χ0) is 15.3. The molecule has 0 aliphatic rings. The quantitative estimate of drug-likeness (QED) is 0.892. The second-order valence-corrected chi connectivity index (χ2v) is 6.63. The Morgan fingerprint density at radius 3 is 2.29 bits per heavy atom. The third-order valence-electron chi connectivity index (χ3n) is 3.28. The minimum absolute atomic E-state index is 0.0190. The van der Waals surface area contributed by atoms with Gasteiger partial charge in [0.15, 0.2) is 0 Å². The van der Waals surface area contributed by atoms with Gasteiger partial charge in [-0.25, -0.2) is 13.1 Å². The Labute approximate surface area is 125 Å². The van der Waals surface area contributed by atoms with E-state index in [1.54, 1.807) is 7.11 Å². The summed E-state index contributed by atoms with van der Waals surface area (Å²) in [4.78, 5) is 0. The van der Waals surface area contributed by atoms with E-state index in [2.05, 4.69) is 4.72 Å². The molecule has 4 nitrogen and oxygen atoms in total. The molecule has 0 bridgehead atoms. The number of nitrogens with one attached hydrogen (secondary N) is 1. The third kappa shape index (κ3) is 4.31. The highest BCUT2D eigenvalue weighted by molar-refractivity contribution is 7.88. The maximum Gasteiger partial charge on any atom is 0.216 e. The van der Waals surface area contributed by atoms with Crippen LogP contribution < -0.4 is 9.46 Å². The van der Waals surface area contributed by atoms with E-state index in [1.807, 2.05) is 55.5 Å². The van der Waals surface area contributed by atoms with Gasteiger partial charge in [-0.05, 0) is 24.1 Å². The summed E-state index contributed by atoms with van der Waals surface area (Å²) in [6.07, 6.45) is 0.